The monoisotopic (exact) mass is 263 g/mol. The number of rotatable bonds is 6. The second kappa shape index (κ2) is 7.37. The van der Waals surface area contributed by atoms with Crippen molar-refractivity contribution in [2.75, 3.05) is 25.0 Å². The van der Waals surface area contributed by atoms with E-state index in [0.29, 0.717) is 31.7 Å². The second-order valence-electron chi connectivity index (χ2n) is 4.04. The third-order valence-electron chi connectivity index (χ3n) is 2.87. The minimum Gasteiger partial charge on any atom is -0.383 e. The van der Waals surface area contributed by atoms with Crippen LogP contribution in [0, 0.1) is 17.1 Å². The summed E-state index contributed by atoms with van der Waals surface area (Å²) in [5.41, 5.74) is 0.798. The van der Waals surface area contributed by atoms with Crippen LogP contribution in [0.2, 0.25) is 0 Å². The Kier molecular flexibility index (Phi) is 5.80. The minimum atomic E-state index is -0.443. The van der Waals surface area contributed by atoms with Crippen molar-refractivity contribution in [1.29, 1.82) is 5.26 Å². The Morgan fingerprint density at radius 1 is 1.42 bits per heavy atom. The van der Waals surface area contributed by atoms with Crippen LogP contribution in [0.4, 0.5) is 10.1 Å². The number of amides is 1. The van der Waals surface area contributed by atoms with Gasteiger partial charge >= 0.3 is 0 Å². The van der Waals surface area contributed by atoms with Crippen molar-refractivity contribution >= 4 is 11.6 Å². The van der Waals surface area contributed by atoms with Crippen LogP contribution >= 0.6 is 0 Å². The summed E-state index contributed by atoms with van der Waals surface area (Å²) in [6, 6.07) is 5.89. The van der Waals surface area contributed by atoms with Crippen LogP contribution < -0.4 is 5.32 Å². The van der Waals surface area contributed by atoms with E-state index in [1.165, 1.54) is 18.2 Å². The van der Waals surface area contributed by atoms with E-state index < -0.39 is 5.82 Å². The molecule has 0 aliphatic rings. The number of carbonyl (C=O) groups excluding carboxylic acids is 1. The standard InChI is InChI=1S/C14H18FN3O/c1-3-18(4-2)14(19)7-8-17-13-6-5-12(15)9-11(13)10-16/h5-6,9,17H,3-4,7-8H2,1-2H3. The zero-order chi connectivity index (χ0) is 14.3. The minimum absolute atomic E-state index is 0.0677. The molecule has 0 radical (unpaired) electrons. The van der Waals surface area contributed by atoms with E-state index in [1.54, 1.807) is 4.90 Å². The Balaban J connectivity index is 2.54. The van der Waals surface area contributed by atoms with Gasteiger partial charge in [-0.3, -0.25) is 4.79 Å². The lowest BCUT2D eigenvalue weighted by Crippen LogP contribution is -2.31. The molecule has 0 saturated carbocycles. The first-order chi connectivity index (χ1) is 9.12. The van der Waals surface area contributed by atoms with Crippen molar-refractivity contribution in [3.05, 3.63) is 29.6 Å². The van der Waals surface area contributed by atoms with Gasteiger partial charge in [0.1, 0.15) is 11.9 Å². The SMILES string of the molecule is CCN(CC)C(=O)CCNc1ccc(F)cc1C#N. The van der Waals surface area contributed by atoms with E-state index in [1.807, 2.05) is 19.9 Å². The largest absolute Gasteiger partial charge is 0.383 e. The van der Waals surface area contributed by atoms with Crippen LogP contribution in [-0.4, -0.2) is 30.4 Å². The molecule has 0 unspecified atom stereocenters. The van der Waals surface area contributed by atoms with Gasteiger partial charge in [0.2, 0.25) is 5.91 Å². The highest BCUT2D eigenvalue weighted by molar-refractivity contribution is 5.76. The van der Waals surface area contributed by atoms with E-state index >= 15 is 0 Å². The maximum Gasteiger partial charge on any atom is 0.224 e. The highest BCUT2D eigenvalue weighted by Crippen LogP contribution is 2.15. The van der Waals surface area contributed by atoms with Gasteiger partial charge in [-0.1, -0.05) is 0 Å². The molecular formula is C14H18FN3O. The first-order valence-corrected chi connectivity index (χ1v) is 6.33. The van der Waals surface area contributed by atoms with Crippen LogP contribution in [0.1, 0.15) is 25.8 Å². The van der Waals surface area contributed by atoms with Crippen LogP contribution in [0.5, 0.6) is 0 Å². The molecule has 1 N–H and O–H groups in total. The summed E-state index contributed by atoms with van der Waals surface area (Å²) in [6.07, 6.45) is 0.351. The Hall–Kier alpha value is -2.09. The van der Waals surface area contributed by atoms with Crippen LogP contribution in [-0.2, 0) is 4.79 Å². The van der Waals surface area contributed by atoms with Crippen LogP contribution in [0.25, 0.3) is 0 Å². The first kappa shape index (κ1) is 15.0. The van der Waals surface area contributed by atoms with Crippen LogP contribution in [0.3, 0.4) is 0 Å². The summed E-state index contributed by atoms with van der Waals surface area (Å²) in [4.78, 5) is 13.5. The number of benzene rings is 1. The molecule has 1 amide bonds. The molecule has 0 fully saturated rings. The molecule has 0 aliphatic carbocycles. The summed E-state index contributed by atoms with van der Waals surface area (Å²) in [6.45, 7) is 5.67. The zero-order valence-electron chi connectivity index (χ0n) is 11.2. The lowest BCUT2D eigenvalue weighted by Gasteiger charge is -2.18. The number of nitrogens with one attached hydrogen (secondary N) is 1. The van der Waals surface area contributed by atoms with Gasteiger partial charge in [-0.2, -0.15) is 5.26 Å². The van der Waals surface area contributed by atoms with Gasteiger partial charge in [0.15, 0.2) is 0 Å². The van der Waals surface area contributed by atoms with Crippen molar-refractivity contribution < 1.29 is 9.18 Å². The molecule has 0 aliphatic heterocycles. The Morgan fingerprint density at radius 2 is 2.11 bits per heavy atom. The van der Waals surface area contributed by atoms with Gasteiger partial charge in [0.05, 0.1) is 11.3 Å². The molecule has 1 aromatic rings. The molecule has 0 heterocycles. The molecular weight excluding hydrogens is 245 g/mol. The summed E-state index contributed by atoms with van der Waals surface area (Å²) in [5.74, 6) is -0.376. The average molecular weight is 263 g/mol. The number of halogens is 1. The highest BCUT2D eigenvalue weighted by atomic mass is 19.1. The Labute approximate surface area is 112 Å². The van der Waals surface area contributed by atoms with Gasteiger partial charge < -0.3 is 10.2 Å². The number of nitrogens with zero attached hydrogens (tertiary/aromatic N) is 2. The fourth-order valence-corrected chi connectivity index (χ4v) is 1.80. The molecule has 4 nitrogen and oxygen atoms in total. The van der Waals surface area contributed by atoms with Crippen molar-refractivity contribution in [2.45, 2.75) is 20.3 Å². The Bertz CT molecular complexity index is 478. The fourth-order valence-electron chi connectivity index (χ4n) is 1.80. The summed E-state index contributed by atoms with van der Waals surface area (Å²) in [5, 5.41) is 11.9. The lowest BCUT2D eigenvalue weighted by atomic mass is 10.2. The first-order valence-electron chi connectivity index (χ1n) is 6.33. The number of hydrogen-bond acceptors (Lipinski definition) is 3. The highest BCUT2D eigenvalue weighted by Gasteiger charge is 2.09. The average Bonchev–Trinajstić information content (AvgIpc) is 2.41. The quantitative estimate of drug-likeness (QED) is 0.857. The van der Waals surface area contributed by atoms with Crippen molar-refractivity contribution in [3.8, 4) is 6.07 Å². The number of carbonyl (C=O) groups is 1. The van der Waals surface area contributed by atoms with Crippen molar-refractivity contribution in [1.82, 2.24) is 4.90 Å². The molecule has 1 aromatic carbocycles. The van der Waals surface area contributed by atoms with Gasteiger partial charge in [0, 0.05) is 26.1 Å². The summed E-state index contributed by atoms with van der Waals surface area (Å²) in [7, 11) is 0. The predicted molar refractivity (Wildman–Crippen MR) is 72.1 cm³/mol. The second-order valence-corrected chi connectivity index (χ2v) is 4.04. The molecule has 102 valence electrons. The zero-order valence-corrected chi connectivity index (χ0v) is 11.2. The molecule has 0 aromatic heterocycles. The van der Waals surface area contributed by atoms with E-state index in [0.717, 1.165) is 0 Å². The van der Waals surface area contributed by atoms with Crippen molar-refractivity contribution in [3.63, 3.8) is 0 Å². The van der Waals surface area contributed by atoms with Gasteiger partial charge in [0.25, 0.3) is 0 Å². The smallest absolute Gasteiger partial charge is 0.224 e. The van der Waals surface area contributed by atoms with E-state index in [2.05, 4.69) is 5.32 Å². The molecule has 1 rings (SSSR count). The number of anilines is 1. The van der Waals surface area contributed by atoms with Gasteiger partial charge in [-0.25, -0.2) is 4.39 Å². The molecule has 0 saturated heterocycles. The topological polar surface area (TPSA) is 56.1 Å². The third kappa shape index (κ3) is 4.25. The Morgan fingerprint density at radius 3 is 2.68 bits per heavy atom. The van der Waals surface area contributed by atoms with Crippen molar-refractivity contribution in [2.24, 2.45) is 0 Å². The van der Waals surface area contributed by atoms with E-state index in [4.69, 9.17) is 5.26 Å². The van der Waals surface area contributed by atoms with E-state index in [-0.39, 0.29) is 11.5 Å². The molecule has 5 heteroatoms. The lowest BCUT2D eigenvalue weighted by molar-refractivity contribution is -0.130. The normalized spacial score (nSPS) is 9.79. The molecule has 0 bridgehead atoms. The summed E-state index contributed by atoms with van der Waals surface area (Å²) < 4.78 is 12.9. The molecule has 0 spiro atoms. The van der Waals surface area contributed by atoms with Gasteiger partial charge in [-0.15, -0.1) is 0 Å². The van der Waals surface area contributed by atoms with E-state index in [9.17, 15) is 9.18 Å². The molecule has 19 heavy (non-hydrogen) atoms. The molecule has 0 atom stereocenters. The predicted octanol–water partition coefficient (Wildman–Crippen LogP) is 2.37. The van der Waals surface area contributed by atoms with Gasteiger partial charge in [-0.05, 0) is 32.0 Å². The maximum absolute atomic E-state index is 12.9. The fraction of sp³-hybridized carbons (Fsp3) is 0.429. The number of hydrogen-bond donors (Lipinski definition) is 1. The maximum atomic E-state index is 12.9. The third-order valence-corrected chi connectivity index (χ3v) is 2.87. The van der Waals surface area contributed by atoms with Crippen LogP contribution in [0.15, 0.2) is 18.2 Å². The number of nitriles is 1. The summed E-state index contributed by atoms with van der Waals surface area (Å²) >= 11 is 0.